The van der Waals surface area contributed by atoms with Gasteiger partial charge in [0.25, 0.3) is 5.91 Å². The number of nitrogens with zero attached hydrogens (tertiary/aromatic N) is 2. The van der Waals surface area contributed by atoms with Crippen LogP contribution in [0.2, 0.25) is 0 Å². The largest absolute Gasteiger partial charge is 0.463 e. The van der Waals surface area contributed by atoms with Crippen molar-refractivity contribution in [3.8, 4) is 11.5 Å². The van der Waals surface area contributed by atoms with E-state index in [1.165, 1.54) is 16.7 Å². The van der Waals surface area contributed by atoms with Crippen molar-refractivity contribution >= 4 is 40.0 Å². The summed E-state index contributed by atoms with van der Waals surface area (Å²) >= 11 is 1.71. The van der Waals surface area contributed by atoms with Crippen molar-refractivity contribution in [3.63, 3.8) is 0 Å². The fourth-order valence-electron chi connectivity index (χ4n) is 4.01. The molecule has 4 heterocycles. The molecule has 2 N–H and O–H groups in total. The molecule has 0 bridgehead atoms. The van der Waals surface area contributed by atoms with Crippen LogP contribution in [-0.2, 0) is 22.6 Å². The second-order valence-electron chi connectivity index (χ2n) is 7.99. The van der Waals surface area contributed by atoms with Crippen molar-refractivity contribution in [1.29, 1.82) is 0 Å². The van der Waals surface area contributed by atoms with Crippen molar-refractivity contribution in [3.05, 3.63) is 76.2 Å². The maximum absolute atomic E-state index is 12.9. The van der Waals surface area contributed by atoms with Crippen molar-refractivity contribution in [2.45, 2.75) is 25.8 Å². The number of carbonyl (C=O) groups excluding carboxylic acids is 3. The summed E-state index contributed by atoms with van der Waals surface area (Å²) < 4.78 is 5.42. The van der Waals surface area contributed by atoms with Gasteiger partial charge in [0, 0.05) is 36.2 Å². The van der Waals surface area contributed by atoms with Gasteiger partial charge >= 0.3 is 0 Å². The lowest BCUT2D eigenvalue weighted by Gasteiger charge is -2.27. The first kappa shape index (κ1) is 21.8. The van der Waals surface area contributed by atoms with E-state index >= 15 is 0 Å². The number of benzene rings is 1. The Kier molecular flexibility index (Phi) is 6.09. The molecule has 34 heavy (non-hydrogen) atoms. The number of carbonyl (C=O) groups is 3. The Hall–Kier alpha value is -3.98. The average Bonchev–Trinajstić information content (AvgIpc) is 3.57. The molecular formula is C25H22N4O4S. The Morgan fingerprint density at radius 3 is 2.79 bits per heavy atom. The third-order valence-corrected chi connectivity index (χ3v) is 6.80. The van der Waals surface area contributed by atoms with Gasteiger partial charge in [0.15, 0.2) is 5.76 Å². The predicted octanol–water partition coefficient (Wildman–Crippen LogP) is 3.68. The summed E-state index contributed by atoms with van der Waals surface area (Å²) in [4.78, 5) is 45.4. The van der Waals surface area contributed by atoms with E-state index < -0.39 is 11.8 Å². The number of nitrogens with one attached hydrogen (secondary N) is 2. The van der Waals surface area contributed by atoms with Crippen LogP contribution in [0.5, 0.6) is 0 Å². The Bertz CT molecular complexity index is 1360. The van der Waals surface area contributed by atoms with Crippen LogP contribution in [0.25, 0.3) is 22.4 Å². The van der Waals surface area contributed by atoms with E-state index in [1.807, 2.05) is 29.6 Å². The zero-order valence-corrected chi connectivity index (χ0v) is 19.1. The number of hydrogen-bond acceptors (Lipinski definition) is 6. The third-order valence-electron chi connectivity index (χ3n) is 5.78. The summed E-state index contributed by atoms with van der Waals surface area (Å²) in [5.74, 6) is -0.442. The van der Waals surface area contributed by atoms with Gasteiger partial charge in [-0.1, -0.05) is 18.2 Å². The highest BCUT2D eigenvalue weighted by Crippen LogP contribution is 2.26. The van der Waals surface area contributed by atoms with E-state index in [4.69, 9.17) is 4.42 Å². The third kappa shape index (κ3) is 4.55. The van der Waals surface area contributed by atoms with Gasteiger partial charge in [-0.15, -0.1) is 11.3 Å². The zero-order chi connectivity index (χ0) is 23.5. The minimum Gasteiger partial charge on any atom is -0.463 e. The molecule has 0 fully saturated rings. The summed E-state index contributed by atoms with van der Waals surface area (Å²) in [7, 11) is 0. The lowest BCUT2D eigenvalue weighted by Crippen LogP contribution is -2.42. The van der Waals surface area contributed by atoms with Crippen molar-refractivity contribution in [2.75, 3.05) is 6.54 Å². The van der Waals surface area contributed by atoms with Crippen LogP contribution in [-0.4, -0.2) is 34.2 Å². The van der Waals surface area contributed by atoms with Crippen molar-refractivity contribution < 1.29 is 18.8 Å². The van der Waals surface area contributed by atoms with E-state index in [0.717, 1.165) is 6.42 Å². The fraction of sp³-hybridized carbons (Fsp3) is 0.200. The molecule has 1 aromatic carbocycles. The highest BCUT2D eigenvalue weighted by atomic mass is 32.1. The number of fused-ring (bicyclic) bond motifs is 2. The average molecular weight is 475 g/mol. The van der Waals surface area contributed by atoms with Gasteiger partial charge in [-0.25, -0.2) is 4.98 Å². The quantitative estimate of drug-likeness (QED) is 0.430. The van der Waals surface area contributed by atoms with Gasteiger partial charge < -0.3 is 9.32 Å². The van der Waals surface area contributed by atoms with Gasteiger partial charge in [0.2, 0.25) is 11.8 Å². The summed E-state index contributed by atoms with van der Waals surface area (Å²) in [6.07, 6.45) is 2.46. The van der Waals surface area contributed by atoms with Crippen LogP contribution < -0.4 is 10.9 Å². The number of rotatable bonds is 5. The Morgan fingerprint density at radius 2 is 1.94 bits per heavy atom. The topological polar surface area (TPSA) is 105 Å². The minimum absolute atomic E-state index is 0.0130. The molecule has 4 aromatic rings. The molecule has 0 radical (unpaired) electrons. The van der Waals surface area contributed by atoms with Gasteiger partial charge in [-0.3, -0.25) is 25.2 Å². The number of pyridine rings is 1. The van der Waals surface area contributed by atoms with Crippen LogP contribution >= 0.6 is 11.3 Å². The number of amides is 3. The maximum atomic E-state index is 12.9. The first-order valence-electron chi connectivity index (χ1n) is 10.9. The molecular weight excluding hydrogens is 452 g/mol. The standard InChI is InChI=1S/C25H22N4O4S/c30-23(7-8-24(31)29-11-9-22-16(15-29)10-13-34-22)27-28-25(32)18-14-20(21-6-3-12-33-21)26-19-5-2-1-4-17(18)19/h1-6,10,12-14H,7-9,11,15H2,(H,27,30)(H,28,32). The Labute approximate surface area is 199 Å². The Balaban J connectivity index is 1.20. The lowest BCUT2D eigenvalue weighted by atomic mass is 10.1. The van der Waals surface area contributed by atoms with Crippen LogP contribution in [0, 0.1) is 0 Å². The Morgan fingerprint density at radius 1 is 1.06 bits per heavy atom. The van der Waals surface area contributed by atoms with Crippen molar-refractivity contribution in [1.82, 2.24) is 20.7 Å². The smallest absolute Gasteiger partial charge is 0.270 e. The SMILES string of the molecule is O=C(CCC(=O)N1CCc2sccc2C1)NNC(=O)c1cc(-c2ccco2)nc2ccccc12. The molecule has 0 atom stereocenters. The van der Waals surface area contributed by atoms with Crippen LogP contribution in [0.1, 0.15) is 33.6 Å². The molecule has 0 saturated carbocycles. The first-order chi connectivity index (χ1) is 16.6. The molecule has 172 valence electrons. The number of hydrogen-bond donors (Lipinski definition) is 2. The molecule has 3 aromatic heterocycles. The maximum Gasteiger partial charge on any atom is 0.270 e. The second kappa shape index (κ2) is 9.48. The van der Waals surface area contributed by atoms with E-state index in [1.54, 1.807) is 40.5 Å². The molecule has 9 heteroatoms. The van der Waals surface area contributed by atoms with E-state index in [9.17, 15) is 14.4 Å². The summed E-state index contributed by atoms with van der Waals surface area (Å²) in [6.45, 7) is 1.25. The first-order valence-corrected chi connectivity index (χ1v) is 11.8. The number of aromatic nitrogens is 1. The number of thiophene rings is 1. The molecule has 1 aliphatic rings. The van der Waals surface area contributed by atoms with Crippen LogP contribution in [0.4, 0.5) is 0 Å². The van der Waals surface area contributed by atoms with E-state index in [-0.39, 0.29) is 18.7 Å². The number of hydrazine groups is 1. The molecule has 1 aliphatic heterocycles. The van der Waals surface area contributed by atoms with Crippen LogP contribution in [0.15, 0.2) is 64.6 Å². The summed E-state index contributed by atoms with van der Waals surface area (Å²) in [6, 6.07) is 14.4. The van der Waals surface area contributed by atoms with E-state index in [2.05, 4.69) is 15.8 Å². The molecule has 0 spiro atoms. The number of furan rings is 1. The molecule has 8 nitrogen and oxygen atoms in total. The zero-order valence-electron chi connectivity index (χ0n) is 18.2. The van der Waals surface area contributed by atoms with Crippen LogP contribution in [0.3, 0.4) is 0 Å². The molecule has 5 rings (SSSR count). The fourth-order valence-corrected chi connectivity index (χ4v) is 4.90. The van der Waals surface area contributed by atoms with E-state index in [0.29, 0.717) is 41.0 Å². The predicted molar refractivity (Wildman–Crippen MR) is 128 cm³/mol. The summed E-state index contributed by atoms with van der Waals surface area (Å²) in [5.41, 5.74) is 7.56. The molecule has 0 unspecified atom stereocenters. The van der Waals surface area contributed by atoms with Crippen molar-refractivity contribution in [2.24, 2.45) is 0 Å². The molecule has 0 saturated heterocycles. The van der Waals surface area contributed by atoms with Gasteiger partial charge in [-0.05, 0) is 47.7 Å². The normalized spacial score (nSPS) is 12.9. The number of para-hydroxylation sites is 1. The lowest BCUT2D eigenvalue weighted by molar-refractivity contribution is -0.134. The summed E-state index contributed by atoms with van der Waals surface area (Å²) in [5, 5.41) is 2.69. The van der Waals surface area contributed by atoms with Gasteiger partial charge in [0.05, 0.1) is 17.3 Å². The molecule has 0 aliphatic carbocycles. The highest BCUT2D eigenvalue weighted by Gasteiger charge is 2.22. The highest BCUT2D eigenvalue weighted by molar-refractivity contribution is 7.10. The minimum atomic E-state index is -0.480. The van der Waals surface area contributed by atoms with Gasteiger partial charge in [0.1, 0.15) is 5.69 Å². The van der Waals surface area contributed by atoms with Gasteiger partial charge in [-0.2, -0.15) is 0 Å². The molecule has 3 amide bonds. The monoisotopic (exact) mass is 474 g/mol. The second-order valence-corrected chi connectivity index (χ2v) is 8.99.